The van der Waals surface area contributed by atoms with Crippen LogP contribution in [0.3, 0.4) is 0 Å². The minimum Gasteiger partial charge on any atom is -0.492 e. The van der Waals surface area contributed by atoms with Gasteiger partial charge in [-0.05, 0) is 23.1 Å². The summed E-state index contributed by atoms with van der Waals surface area (Å²) in [6.45, 7) is 7.52. The molecule has 0 bridgehead atoms. The molecule has 0 aromatic heterocycles. The van der Waals surface area contributed by atoms with Gasteiger partial charge in [-0.3, -0.25) is 0 Å². The number of hydrogen-bond acceptors (Lipinski definition) is 4. The molecule has 106 valence electrons. The Balaban J connectivity index is 2.48. The van der Waals surface area contributed by atoms with Crippen molar-refractivity contribution in [1.29, 1.82) is 0 Å². The summed E-state index contributed by atoms with van der Waals surface area (Å²) in [4.78, 5) is 2.20. The molecule has 4 nitrogen and oxygen atoms in total. The summed E-state index contributed by atoms with van der Waals surface area (Å²) in [5.74, 6) is 0.745. The van der Waals surface area contributed by atoms with E-state index in [0.717, 1.165) is 24.4 Å². The van der Waals surface area contributed by atoms with Crippen LogP contribution in [0, 0.1) is 0 Å². The quantitative estimate of drug-likeness (QED) is 0.853. The fourth-order valence-electron chi connectivity index (χ4n) is 2.39. The van der Waals surface area contributed by atoms with Crippen LogP contribution < -0.4 is 15.4 Å². The normalized spacial score (nSPS) is 19.2. The van der Waals surface area contributed by atoms with Gasteiger partial charge in [0.15, 0.2) is 5.75 Å². The Labute approximate surface area is 115 Å². The molecule has 2 rings (SSSR count). The maximum Gasteiger partial charge on any atom is 0.165 e. The van der Waals surface area contributed by atoms with Crippen molar-refractivity contribution in [2.75, 3.05) is 31.4 Å². The van der Waals surface area contributed by atoms with Crippen molar-refractivity contribution in [3.8, 4) is 5.75 Å². The molecule has 1 fully saturated rings. The number of methoxy groups -OCH3 is 2. The number of rotatable bonds is 3. The van der Waals surface area contributed by atoms with Crippen LogP contribution in [0.5, 0.6) is 5.75 Å². The monoisotopic (exact) mass is 264 g/mol. The van der Waals surface area contributed by atoms with E-state index in [0.29, 0.717) is 5.69 Å². The first-order chi connectivity index (χ1) is 8.88. The van der Waals surface area contributed by atoms with Gasteiger partial charge in [0.1, 0.15) is 6.23 Å². The lowest BCUT2D eigenvalue weighted by atomic mass is 9.86. The summed E-state index contributed by atoms with van der Waals surface area (Å²) in [5.41, 5.74) is 9.13. The second-order valence-electron chi connectivity index (χ2n) is 6.04. The first kappa shape index (κ1) is 14.0. The van der Waals surface area contributed by atoms with E-state index in [2.05, 4.69) is 31.7 Å². The van der Waals surface area contributed by atoms with Crippen LogP contribution in [0.15, 0.2) is 12.1 Å². The van der Waals surface area contributed by atoms with Crippen LogP contribution in [0.2, 0.25) is 0 Å². The molecule has 1 unspecified atom stereocenters. The van der Waals surface area contributed by atoms with Crippen molar-refractivity contribution in [2.45, 2.75) is 38.8 Å². The topological polar surface area (TPSA) is 47.7 Å². The molecule has 2 N–H and O–H groups in total. The van der Waals surface area contributed by atoms with Gasteiger partial charge in [0.2, 0.25) is 0 Å². The lowest BCUT2D eigenvalue weighted by molar-refractivity contribution is 0.0554. The summed E-state index contributed by atoms with van der Waals surface area (Å²) in [6.07, 6.45) is 1.17. The van der Waals surface area contributed by atoms with Gasteiger partial charge in [0.25, 0.3) is 0 Å². The Morgan fingerprint density at radius 3 is 2.37 bits per heavy atom. The third-order valence-electron chi connectivity index (χ3n) is 3.71. The molecule has 1 aliphatic heterocycles. The van der Waals surface area contributed by atoms with Crippen LogP contribution in [0.4, 0.5) is 11.4 Å². The number of anilines is 2. The van der Waals surface area contributed by atoms with Gasteiger partial charge in [-0.15, -0.1) is 0 Å². The van der Waals surface area contributed by atoms with Crippen molar-refractivity contribution in [3.05, 3.63) is 17.7 Å². The Morgan fingerprint density at radius 1 is 1.26 bits per heavy atom. The number of benzene rings is 1. The summed E-state index contributed by atoms with van der Waals surface area (Å²) in [7, 11) is 3.40. The number of nitrogens with zero attached hydrogens (tertiary/aromatic N) is 1. The molecule has 0 amide bonds. The largest absolute Gasteiger partial charge is 0.492 e. The molecular formula is C15H24N2O2. The average molecular weight is 264 g/mol. The smallest absolute Gasteiger partial charge is 0.165 e. The molecular weight excluding hydrogens is 240 g/mol. The number of nitrogen functional groups attached to an aromatic ring is 1. The van der Waals surface area contributed by atoms with Crippen molar-refractivity contribution < 1.29 is 9.47 Å². The Kier molecular flexibility index (Phi) is 3.63. The standard InChI is InChI=1S/C15H24N2O2/c1-15(2,3)10-8-11(16)14(19-5)12(9-10)17-7-6-13(17)18-4/h8-9,13H,6-7,16H2,1-5H3. The summed E-state index contributed by atoms with van der Waals surface area (Å²) in [6, 6.07) is 4.17. The van der Waals surface area contributed by atoms with E-state index < -0.39 is 0 Å². The molecule has 0 radical (unpaired) electrons. The third kappa shape index (κ3) is 2.50. The molecule has 0 aliphatic carbocycles. The first-order valence-electron chi connectivity index (χ1n) is 6.66. The van der Waals surface area contributed by atoms with Gasteiger partial charge >= 0.3 is 0 Å². The van der Waals surface area contributed by atoms with Crippen LogP contribution in [-0.4, -0.2) is 27.0 Å². The van der Waals surface area contributed by atoms with Gasteiger partial charge in [0, 0.05) is 20.1 Å². The van der Waals surface area contributed by atoms with E-state index in [-0.39, 0.29) is 11.6 Å². The van der Waals surface area contributed by atoms with E-state index in [1.807, 2.05) is 6.07 Å². The van der Waals surface area contributed by atoms with Gasteiger partial charge in [0.05, 0.1) is 18.5 Å². The zero-order chi connectivity index (χ0) is 14.2. The molecule has 4 heteroatoms. The lowest BCUT2D eigenvalue weighted by Crippen LogP contribution is -2.49. The highest BCUT2D eigenvalue weighted by molar-refractivity contribution is 5.73. The van der Waals surface area contributed by atoms with Gasteiger partial charge in [-0.25, -0.2) is 0 Å². The fraction of sp³-hybridized carbons (Fsp3) is 0.600. The summed E-state index contributed by atoms with van der Waals surface area (Å²) < 4.78 is 10.9. The second-order valence-corrected chi connectivity index (χ2v) is 6.04. The van der Waals surface area contributed by atoms with Crippen molar-refractivity contribution >= 4 is 11.4 Å². The highest BCUT2D eigenvalue weighted by atomic mass is 16.5. The van der Waals surface area contributed by atoms with Crippen LogP contribution in [0.1, 0.15) is 32.8 Å². The van der Waals surface area contributed by atoms with E-state index in [9.17, 15) is 0 Å². The molecule has 19 heavy (non-hydrogen) atoms. The van der Waals surface area contributed by atoms with Crippen molar-refractivity contribution in [1.82, 2.24) is 0 Å². The average Bonchev–Trinajstić information content (AvgIpc) is 2.26. The summed E-state index contributed by atoms with van der Waals surface area (Å²) in [5, 5.41) is 0. The van der Waals surface area contributed by atoms with E-state index in [1.165, 1.54) is 5.56 Å². The van der Waals surface area contributed by atoms with Crippen LogP contribution >= 0.6 is 0 Å². The van der Waals surface area contributed by atoms with Crippen LogP contribution in [-0.2, 0) is 10.2 Å². The zero-order valence-corrected chi connectivity index (χ0v) is 12.5. The third-order valence-corrected chi connectivity index (χ3v) is 3.71. The fourth-order valence-corrected chi connectivity index (χ4v) is 2.39. The molecule has 0 spiro atoms. The molecule has 1 heterocycles. The first-order valence-corrected chi connectivity index (χ1v) is 6.66. The van der Waals surface area contributed by atoms with Crippen LogP contribution in [0.25, 0.3) is 0 Å². The molecule has 1 aromatic carbocycles. The predicted molar refractivity (Wildman–Crippen MR) is 78.9 cm³/mol. The predicted octanol–water partition coefficient (Wildman–Crippen LogP) is 2.76. The molecule has 0 saturated carbocycles. The molecule has 1 saturated heterocycles. The van der Waals surface area contributed by atoms with Crippen molar-refractivity contribution in [3.63, 3.8) is 0 Å². The number of hydrogen-bond donors (Lipinski definition) is 1. The summed E-state index contributed by atoms with van der Waals surface area (Å²) >= 11 is 0. The molecule has 1 aliphatic rings. The second kappa shape index (κ2) is 4.93. The lowest BCUT2D eigenvalue weighted by Gasteiger charge is -2.42. The maximum absolute atomic E-state index is 6.14. The Bertz CT molecular complexity index is 464. The minimum atomic E-state index is 0.0581. The molecule has 1 atom stereocenters. The Hall–Kier alpha value is -1.42. The van der Waals surface area contributed by atoms with Gasteiger partial charge in [-0.1, -0.05) is 20.8 Å². The van der Waals surface area contributed by atoms with Gasteiger partial charge in [-0.2, -0.15) is 0 Å². The number of nitrogens with two attached hydrogens (primary N) is 1. The van der Waals surface area contributed by atoms with Crippen molar-refractivity contribution in [2.24, 2.45) is 0 Å². The minimum absolute atomic E-state index is 0.0581. The van der Waals surface area contributed by atoms with E-state index in [1.54, 1.807) is 14.2 Å². The zero-order valence-electron chi connectivity index (χ0n) is 12.5. The SMILES string of the molecule is COc1c(N)cc(C(C)(C)C)cc1N1CCC1OC. The number of ether oxygens (including phenoxy) is 2. The molecule has 1 aromatic rings. The van der Waals surface area contributed by atoms with E-state index >= 15 is 0 Å². The Morgan fingerprint density at radius 2 is 1.95 bits per heavy atom. The highest BCUT2D eigenvalue weighted by Gasteiger charge is 2.31. The maximum atomic E-state index is 6.14. The van der Waals surface area contributed by atoms with E-state index in [4.69, 9.17) is 15.2 Å². The van der Waals surface area contributed by atoms with Gasteiger partial charge < -0.3 is 20.1 Å². The highest BCUT2D eigenvalue weighted by Crippen LogP contribution is 2.42.